The summed E-state index contributed by atoms with van der Waals surface area (Å²) in [5.74, 6) is 2.09. The Hall–Kier alpha value is -1.88. The van der Waals surface area contributed by atoms with Crippen LogP contribution in [0.3, 0.4) is 0 Å². The van der Waals surface area contributed by atoms with Crippen molar-refractivity contribution in [1.29, 1.82) is 0 Å². The molecule has 0 spiro atoms. The van der Waals surface area contributed by atoms with Crippen LogP contribution in [0.25, 0.3) is 10.9 Å². The zero-order chi connectivity index (χ0) is 14.7. The molecular weight excluding hydrogens is 276 g/mol. The van der Waals surface area contributed by atoms with Crippen LogP contribution in [0, 0.1) is 17.8 Å². The molecule has 5 heteroatoms. The molecular formula is C17H20N4O. The van der Waals surface area contributed by atoms with Crippen LogP contribution in [0.4, 0.5) is 0 Å². The Balaban J connectivity index is 1.41. The number of H-pyrrole nitrogens is 1. The third-order valence-electron chi connectivity index (χ3n) is 5.77. The third kappa shape index (κ3) is 1.81. The molecule has 1 aromatic carbocycles. The fraction of sp³-hybridized carbons (Fsp3) is 0.529. The van der Waals surface area contributed by atoms with E-state index in [9.17, 15) is 4.79 Å². The van der Waals surface area contributed by atoms with Gasteiger partial charge < -0.3 is 10.2 Å². The Kier molecular flexibility index (Phi) is 2.62. The van der Waals surface area contributed by atoms with Crippen LogP contribution in [-0.4, -0.2) is 46.7 Å². The van der Waals surface area contributed by atoms with Crippen molar-refractivity contribution in [1.82, 2.24) is 20.4 Å². The third-order valence-corrected chi connectivity index (χ3v) is 5.77. The predicted molar refractivity (Wildman–Crippen MR) is 83.5 cm³/mol. The molecule has 114 valence electrons. The highest BCUT2D eigenvalue weighted by molar-refractivity contribution is 6.04. The molecule has 1 saturated carbocycles. The van der Waals surface area contributed by atoms with E-state index in [2.05, 4.69) is 20.4 Å². The molecule has 2 atom stereocenters. The molecule has 2 N–H and O–H groups in total. The maximum absolute atomic E-state index is 12.7. The number of benzene rings is 1. The van der Waals surface area contributed by atoms with Crippen LogP contribution in [0.15, 0.2) is 24.3 Å². The summed E-state index contributed by atoms with van der Waals surface area (Å²) in [6, 6.07) is 8.14. The summed E-state index contributed by atoms with van der Waals surface area (Å²) in [7, 11) is 0. The minimum atomic E-state index is -0.0232. The van der Waals surface area contributed by atoms with Gasteiger partial charge in [0.1, 0.15) is 0 Å². The van der Waals surface area contributed by atoms with Crippen LogP contribution in [-0.2, 0) is 0 Å². The smallest absolute Gasteiger partial charge is 0.272 e. The summed E-state index contributed by atoms with van der Waals surface area (Å²) < 4.78 is 0. The maximum atomic E-state index is 12.7. The first-order valence-corrected chi connectivity index (χ1v) is 8.24. The summed E-state index contributed by atoms with van der Waals surface area (Å²) in [5.41, 5.74) is 1.45. The first kappa shape index (κ1) is 12.6. The lowest BCUT2D eigenvalue weighted by Gasteiger charge is -2.55. The van der Waals surface area contributed by atoms with E-state index in [1.165, 1.54) is 19.4 Å². The number of fused-ring (bicyclic) bond motifs is 1. The van der Waals surface area contributed by atoms with Gasteiger partial charge in [-0.2, -0.15) is 5.10 Å². The highest BCUT2D eigenvalue weighted by Crippen LogP contribution is 2.43. The summed E-state index contributed by atoms with van der Waals surface area (Å²) in [6.45, 7) is 3.58. The SMILES string of the molecule is O=C(NC1[C@@H]2CC3C[C@@H]1CN(C3)C2)c1n[nH]c2ccccc12. The van der Waals surface area contributed by atoms with Crippen molar-refractivity contribution < 1.29 is 4.79 Å². The molecule has 5 nitrogen and oxygen atoms in total. The molecule has 22 heavy (non-hydrogen) atoms. The van der Waals surface area contributed by atoms with E-state index in [1.807, 2.05) is 24.3 Å². The molecule has 0 radical (unpaired) electrons. The van der Waals surface area contributed by atoms with E-state index in [-0.39, 0.29) is 5.91 Å². The first-order chi connectivity index (χ1) is 10.8. The van der Waals surface area contributed by atoms with Crippen LogP contribution in [0.1, 0.15) is 23.3 Å². The van der Waals surface area contributed by atoms with Crippen molar-refractivity contribution in [2.45, 2.75) is 18.9 Å². The van der Waals surface area contributed by atoms with E-state index in [0.717, 1.165) is 29.9 Å². The van der Waals surface area contributed by atoms with Gasteiger partial charge in [0.2, 0.25) is 0 Å². The Labute approximate surface area is 129 Å². The van der Waals surface area contributed by atoms with Crippen molar-refractivity contribution in [3.8, 4) is 0 Å². The van der Waals surface area contributed by atoms with Crippen LogP contribution >= 0.6 is 0 Å². The van der Waals surface area contributed by atoms with E-state index in [0.29, 0.717) is 23.6 Å². The number of aromatic nitrogens is 2. The van der Waals surface area contributed by atoms with Gasteiger partial charge >= 0.3 is 0 Å². The number of nitrogens with zero attached hydrogens (tertiary/aromatic N) is 2. The average Bonchev–Trinajstić information content (AvgIpc) is 2.94. The molecule has 1 aliphatic carbocycles. The lowest BCUT2D eigenvalue weighted by atomic mass is 9.65. The minimum absolute atomic E-state index is 0.0232. The number of carbonyl (C=O) groups excluding carboxylic acids is 1. The van der Waals surface area contributed by atoms with E-state index in [4.69, 9.17) is 0 Å². The summed E-state index contributed by atoms with van der Waals surface area (Å²) in [4.78, 5) is 15.3. The number of hydrogen-bond donors (Lipinski definition) is 2. The number of hydrogen-bond acceptors (Lipinski definition) is 3. The van der Waals surface area contributed by atoms with Gasteiger partial charge in [0, 0.05) is 31.1 Å². The average molecular weight is 296 g/mol. The molecule has 0 unspecified atom stereocenters. The highest BCUT2D eigenvalue weighted by atomic mass is 16.2. The van der Waals surface area contributed by atoms with Gasteiger partial charge in [-0.05, 0) is 36.7 Å². The van der Waals surface area contributed by atoms with E-state index in [1.54, 1.807) is 0 Å². The van der Waals surface area contributed by atoms with Gasteiger partial charge in [0.15, 0.2) is 5.69 Å². The second-order valence-corrected chi connectivity index (χ2v) is 7.19. The molecule has 4 fully saturated rings. The van der Waals surface area contributed by atoms with Crippen molar-refractivity contribution in [2.75, 3.05) is 19.6 Å². The number of rotatable bonds is 2. The van der Waals surface area contributed by atoms with Gasteiger partial charge in [0.05, 0.1) is 5.52 Å². The zero-order valence-corrected chi connectivity index (χ0v) is 12.5. The Morgan fingerprint density at radius 1 is 1.18 bits per heavy atom. The fourth-order valence-electron chi connectivity index (χ4n) is 5.00. The largest absolute Gasteiger partial charge is 0.347 e. The number of carbonyl (C=O) groups is 1. The van der Waals surface area contributed by atoms with E-state index < -0.39 is 0 Å². The molecule has 1 amide bonds. The van der Waals surface area contributed by atoms with Gasteiger partial charge in [-0.3, -0.25) is 9.89 Å². The molecule has 2 aromatic rings. The van der Waals surface area contributed by atoms with Crippen LogP contribution in [0.5, 0.6) is 0 Å². The molecule has 4 aliphatic rings. The fourth-order valence-corrected chi connectivity index (χ4v) is 5.00. The molecule has 3 aliphatic heterocycles. The Bertz CT molecular complexity index is 709. The molecule has 4 heterocycles. The normalized spacial score (nSPS) is 35.9. The van der Waals surface area contributed by atoms with Crippen LogP contribution < -0.4 is 5.32 Å². The molecule has 3 saturated heterocycles. The monoisotopic (exact) mass is 296 g/mol. The van der Waals surface area contributed by atoms with Crippen molar-refractivity contribution in [3.05, 3.63) is 30.0 Å². The Morgan fingerprint density at radius 3 is 2.73 bits per heavy atom. The standard InChI is InChI=1S/C17H20N4O/c22-17(16-13-3-1-2-4-14(13)19-20-16)18-15-11-5-10-6-12(15)9-21(7-10)8-11/h1-4,10-12,15H,5-9H2,(H,18,22)(H,19,20)/t10?,11-,12-,15?/m1/s1. The topological polar surface area (TPSA) is 61.0 Å². The quantitative estimate of drug-likeness (QED) is 0.885. The summed E-state index contributed by atoms with van der Waals surface area (Å²) in [5, 5.41) is 11.4. The number of aromatic amines is 1. The zero-order valence-electron chi connectivity index (χ0n) is 12.5. The van der Waals surface area contributed by atoms with Crippen LogP contribution in [0.2, 0.25) is 0 Å². The lowest BCUT2D eigenvalue weighted by Crippen LogP contribution is -2.64. The van der Waals surface area contributed by atoms with Gasteiger partial charge in [-0.15, -0.1) is 0 Å². The van der Waals surface area contributed by atoms with Gasteiger partial charge in [0.25, 0.3) is 5.91 Å². The molecule has 1 aromatic heterocycles. The van der Waals surface area contributed by atoms with Crippen molar-refractivity contribution >= 4 is 16.8 Å². The van der Waals surface area contributed by atoms with Crippen molar-refractivity contribution in [3.63, 3.8) is 0 Å². The number of para-hydroxylation sites is 1. The number of nitrogens with one attached hydrogen (secondary N) is 2. The number of piperidine rings is 3. The molecule has 4 bridgehead atoms. The number of amides is 1. The first-order valence-electron chi connectivity index (χ1n) is 8.24. The minimum Gasteiger partial charge on any atom is -0.347 e. The summed E-state index contributed by atoms with van der Waals surface area (Å²) >= 11 is 0. The van der Waals surface area contributed by atoms with Gasteiger partial charge in [-0.1, -0.05) is 18.2 Å². The van der Waals surface area contributed by atoms with E-state index >= 15 is 0 Å². The van der Waals surface area contributed by atoms with Gasteiger partial charge in [-0.25, -0.2) is 0 Å². The molecule has 6 rings (SSSR count). The maximum Gasteiger partial charge on any atom is 0.272 e. The highest BCUT2D eigenvalue weighted by Gasteiger charge is 2.48. The lowest BCUT2D eigenvalue weighted by molar-refractivity contribution is -0.0419. The second-order valence-electron chi connectivity index (χ2n) is 7.19. The summed E-state index contributed by atoms with van der Waals surface area (Å²) in [6.07, 6.45) is 2.55. The Morgan fingerprint density at radius 2 is 1.95 bits per heavy atom. The van der Waals surface area contributed by atoms with Crippen molar-refractivity contribution in [2.24, 2.45) is 17.8 Å². The second kappa shape index (κ2) is 4.56. The predicted octanol–water partition coefficient (Wildman–Crippen LogP) is 1.63.